The molecule has 4 heteroatoms. The van der Waals surface area contributed by atoms with Gasteiger partial charge in [0.1, 0.15) is 5.82 Å². The Bertz CT molecular complexity index is 308. The zero-order chi connectivity index (χ0) is 10.1. The Balaban J connectivity index is 1.96. The molecule has 2 atom stereocenters. The van der Waals surface area contributed by atoms with Gasteiger partial charge in [-0.15, -0.1) is 10.2 Å². The third kappa shape index (κ3) is 1.95. The van der Waals surface area contributed by atoms with Crippen LogP contribution in [0.25, 0.3) is 0 Å². The first-order valence-electron chi connectivity index (χ1n) is 4.97. The minimum atomic E-state index is 0.474. The molecule has 1 saturated carbocycles. The van der Waals surface area contributed by atoms with Crippen molar-refractivity contribution in [2.24, 2.45) is 11.8 Å². The van der Waals surface area contributed by atoms with Crippen molar-refractivity contribution in [3.05, 3.63) is 12.1 Å². The van der Waals surface area contributed by atoms with E-state index in [4.69, 9.17) is 5.73 Å². The van der Waals surface area contributed by atoms with Crippen LogP contribution in [0.2, 0.25) is 0 Å². The summed E-state index contributed by atoms with van der Waals surface area (Å²) >= 11 is 0. The van der Waals surface area contributed by atoms with Crippen molar-refractivity contribution in [2.75, 3.05) is 24.2 Å². The highest BCUT2D eigenvalue weighted by Gasteiger charge is 2.33. The van der Waals surface area contributed by atoms with Gasteiger partial charge in [-0.2, -0.15) is 0 Å². The van der Waals surface area contributed by atoms with E-state index >= 15 is 0 Å². The highest BCUT2D eigenvalue weighted by molar-refractivity contribution is 5.40. The van der Waals surface area contributed by atoms with Crippen molar-refractivity contribution in [3.63, 3.8) is 0 Å². The molecule has 14 heavy (non-hydrogen) atoms. The molecule has 1 fully saturated rings. The normalized spacial score (nSPS) is 24.7. The number of nitrogens with zero attached hydrogens (tertiary/aromatic N) is 3. The lowest BCUT2D eigenvalue weighted by Crippen LogP contribution is -2.21. The van der Waals surface area contributed by atoms with Gasteiger partial charge in [0, 0.05) is 13.6 Å². The molecule has 0 amide bonds. The number of aromatic nitrogens is 2. The Kier molecular flexibility index (Phi) is 2.27. The molecular weight excluding hydrogens is 176 g/mol. The minimum absolute atomic E-state index is 0.474. The first kappa shape index (κ1) is 9.24. The second kappa shape index (κ2) is 3.44. The number of hydrogen-bond donors (Lipinski definition) is 1. The van der Waals surface area contributed by atoms with Crippen LogP contribution in [0.1, 0.15) is 13.3 Å². The van der Waals surface area contributed by atoms with E-state index in [0.29, 0.717) is 5.82 Å². The predicted molar refractivity (Wildman–Crippen MR) is 57.0 cm³/mol. The minimum Gasteiger partial charge on any atom is -0.382 e. The number of anilines is 2. The topological polar surface area (TPSA) is 55.0 Å². The molecule has 4 nitrogen and oxygen atoms in total. The quantitative estimate of drug-likeness (QED) is 0.780. The molecule has 0 saturated heterocycles. The summed E-state index contributed by atoms with van der Waals surface area (Å²) in [4.78, 5) is 2.14. The molecule has 1 aliphatic rings. The first-order chi connectivity index (χ1) is 6.66. The average molecular weight is 192 g/mol. The van der Waals surface area contributed by atoms with Crippen LogP contribution >= 0.6 is 0 Å². The van der Waals surface area contributed by atoms with Crippen LogP contribution < -0.4 is 10.6 Å². The van der Waals surface area contributed by atoms with Gasteiger partial charge in [0.25, 0.3) is 0 Å². The molecule has 1 aromatic rings. The van der Waals surface area contributed by atoms with Crippen molar-refractivity contribution in [2.45, 2.75) is 13.3 Å². The van der Waals surface area contributed by atoms with Gasteiger partial charge in [-0.25, -0.2) is 0 Å². The largest absolute Gasteiger partial charge is 0.382 e. The maximum absolute atomic E-state index is 5.47. The van der Waals surface area contributed by atoms with E-state index in [0.717, 1.165) is 24.2 Å². The Morgan fingerprint density at radius 1 is 1.50 bits per heavy atom. The summed E-state index contributed by atoms with van der Waals surface area (Å²) in [5.74, 6) is 3.08. The molecule has 2 N–H and O–H groups in total. The molecule has 1 aromatic heterocycles. The monoisotopic (exact) mass is 192 g/mol. The Morgan fingerprint density at radius 3 is 2.71 bits per heavy atom. The average Bonchev–Trinajstić information content (AvgIpc) is 2.82. The fraction of sp³-hybridized carbons (Fsp3) is 0.600. The van der Waals surface area contributed by atoms with Gasteiger partial charge in [0.2, 0.25) is 0 Å². The first-order valence-corrected chi connectivity index (χ1v) is 4.97. The SMILES string of the molecule is CC1CC1CN(C)c1ccc(N)nn1. The highest BCUT2D eigenvalue weighted by atomic mass is 15.3. The van der Waals surface area contributed by atoms with Gasteiger partial charge >= 0.3 is 0 Å². The standard InChI is InChI=1S/C10H16N4/c1-7-5-8(7)6-14(2)10-4-3-9(11)12-13-10/h3-4,7-8H,5-6H2,1-2H3,(H2,11,12). The van der Waals surface area contributed by atoms with E-state index in [-0.39, 0.29) is 0 Å². The summed E-state index contributed by atoms with van der Waals surface area (Å²) < 4.78 is 0. The maximum Gasteiger partial charge on any atom is 0.151 e. The van der Waals surface area contributed by atoms with E-state index < -0.39 is 0 Å². The number of nitrogens with two attached hydrogens (primary N) is 1. The molecule has 0 radical (unpaired) electrons. The number of hydrogen-bond acceptors (Lipinski definition) is 4. The molecule has 1 aliphatic carbocycles. The van der Waals surface area contributed by atoms with Crippen molar-refractivity contribution >= 4 is 11.6 Å². The Labute approximate surface area is 84.1 Å². The van der Waals surface area contributed by atoms with Crippen molar-refractivity contribution in [3.8, 4) is 0 Å². The summed E-state index contributed by atoms with van der Waals surface area (Å²) in [5.41, 5.74) is 5.47. The third-order valence-electron chi connectivity index (χ3n) is 2.85. The summed E-state index contributed by atoms with van der Waals surface area (Å²) in [6, 6.07) is 3.70. The highest BCUT2D eigenvalue weighted by Crippen LogP contribution is 2.38. The molecule has 0 aromatic carbocycles. The Morgan fingerprint density at radius 2 is 2.21 bits per heavy atom. The van der Waals surface area contributed by atoms with E-state index in [2.05, 4.69) is 22.0 Å². The second-order valence-corrected chi connectivity index (χ2v) is 4.17. The van der Waals surface area contributed by atoms with Crippen LogP contribution in [0, 0.1) is 11.8 Å². The van der Waals surface area contributed by atoms with E-state index in [9.17, 15) is 0 Å². The fourth-order valence-electron chi connectivity index (χ4n) is 1.64. The predicted octanol–water partition coefficient (Wildman–Crippen LogP) is 1.15. The van der Waals surface area contributed by atoms with E-state index in [1.807, 2.05) is 13.1 Å². The lowest BCUT2D eigenvalue weighted by Gasteiger charge is -2.16. The van der Waals surface area contributed by atoms with Gasteiger partial charge in [0.15, 0.2) is 5.82 Å². The smallest absolute Gasteiger partial charge is 0.151 e. The molecule has 2 unspecified atom stereocenters. The number of rotatable bonds is 3. The van der Waals surface area contributed by atoms with Crippen molar-refractivity contribution in [1.29, 1.82) is 0 Å². The lowest BCUT2D eigenvalue weighted by atomic mass is 10.3. The summed E-state index contributed by atoms with van der Waals surface area (Å²) in [5, 5.41) is 7.87. The zero-order valence-electron chi connectivity index (χ0n) is 8.64. The van der Waals surface area contributed by atoms with Crippen LogP contribution in [0.15, 0.2) is 12.1 Å². The molecule has 2 rings (SSSR count). The van der Waals surface area contributed by atoms with Crippen LogP contribution in [-0.4, -0.2) is 23.8 Å². The molecular formula is C10H16N4. The van der Waals surface area contributed by atoms with E-state index in [1.54, 1.807) is 6.07 Å². The van der Waals surface area contributed by atoms with Gasteiger partial charge < -0.3 is 10.6 Å². The summed E-state index contributed by atoms with van der Waals surface area (Å²) in [7, 11) is 2.05. The molecule has 0 bridgehead atoms. The van der Waals surface area contributed by atoms with Gasteiger partial charge in [0.05, 0.1) is 0 Å². The van der Waals surface area contributed by atoms with E-state index in [1.165, 1.54) is 6.42 Å². The van der Waals surface area contributed by atoms with Gasteiger partial charge in [-0.1, -0.05) is 6.92 Å². The molecule has 1 heterocycles. The molecule has 0 aliphatic heterocycles. The third-order valence-corrected chi connectivity index (χ3v) is 2.85. The summed E-state index contributed by atoms with van der Waals surface area (Å²) in [6.45, 7) is 3.35. The second-order valence-electron chi connectivity index (χ2n) is 4.17. The maximum atomic E-state index is 5.47. The van der Waals surface area contributed by atoms with Crippen LogP contribution in [0.3, 0.4) is 0 Å². The Hall–Kier alpha value is -1.32. The van der Waals surface area contributed by atoms with Crippen molar-refractivity contribution < 1.29 is 0 Å². The number of nitrogen functional groups attached to an aromatic ring is 1. The molecule has 0 spiro atoms. The fourth-order valence-corrected chi connectivity index (χ4v) is 1.64. The van der Waals surface area contributed by atoms with Crippen LogP contribution in [0.5, 0.6) is 0 Å². The lowest BCUT2D eigenvalue weighted by molar-refractivity contribution is 0.715. The van der Waals surface area contributed by atoms with Crippen LogP contribution in [0.4, 0.5) is 11.6 Å². The van der Waals surface area contributed by atoms with Gasteiger partial charge in [-0.05, 0) is 30.4 Å². The zero-order valence-corrected chi connectivity index (χ0v) is 8.64. The van der Waals surface area contributed by atoms with Gasteiger partial charge in [-0.3, -0.25) is 0 Å². The van der Waals surface area contributed by atoms with Crippen LogP contribution in [-0.2, 0) is 0 Å². The van der Waals surface area contributed by atoms with Crippen molar-refractivity contribution in [1.82, 2.24) is 10.2 Å². The summed E-state index contributed by atoms with van der Waals surface area (Å²) in [6.07, 6.45) is 1.34. The molecule has 76 valence electrons.